The maximum Gasteiger partial charge on any atom is 0.134 e. The molecular formula is C18H18ClNO. The minimum Gasteiger partial charge on any atom is -0.459 e. The van der Waals surface area contributed by atoms with Gasteiger partial charge in [-0.3, -0.25) is 0 Å². The SMILES string of the molecule is CC(NC(C)c1cc2ccccc2o1)c1cccc(Cl)c1. The van der Waals surface area contributed by atoms with E-state index in [1.54, 1.807) is 0 Å². The Morgan fingerprint density at radius 2 is 1.76 bits per heavy atom. The van der Waals surface area contributed by atoms with E-state index in [-0.39, 0.29) is 12.1 Å². The molecule has 0 spiro atoms. The van der Waals surface area contributed by atoms with Crippen LogP contribution in [0.3, 0.4) is 0 Å². The zero-order valence-corrected chi connectivity index (χ0v) is 12.9. The van der Waals surface area contributed by atoms with Crippen LogP contribution >= 0.6 is 11.6 Å². The largest absolute Gasteiger partial charge is 0.459 e. The molecule has 0 amide bonds. The Bertz CT molecular complexity index is 717. The van der Waals surface area contributed by atoms with E-state index in [9.17, 15) is 0 Å². The highest BCUT2D eigenvalue weighted by atomic mass is 35.5. The maximum absolute atomic E-state index is 6.05. The van der Waals surface area contributed by atoms with Crippen LogP contribution in [0.4, 0.5) is 0 Å². The van der Waals surface area contributed by atoms with Crippen molar-refractivity contribution in [2.45, 2.75) is 25.9 Å². The van der Waals surface area contributed by atoms with Gasteiger partial charge in [0.1, 0.15) is 11.3 Å². The number of nitrogens with one attached hydrogen (secondary N) is 1. The first-order valence-electron chi connectivity index (χ1n) is 7.13. The predicted molar refractivity (Wildman–Crippen MR) is 87.6 cm³/mol. The topological polar surface area (TPSA) is 25.2 Å². The maximum atomic E-state index is 6.05. The van der Waals surface area contributed by atoms with Crippen molar-refractivity contribution >= 4 is 22.6 Å². The number of hydrogen-bond acceptors (Lipinski definition) is 2. The van der Waals surface area contributed by atoms with E-state index in [4.69, 9.17) is 16.0 Å². The summed E-state index contributed by atoms with van der Waals surface area (Å²) in [6.07, 6.45) is 0. The van der Waals surface area contributed by atoms with Crippen LogP contribution in [0.1, 0.15) is 37.3 Å². The summed E-state index contributed by atoms with van der Waals surface area (Å²) in [4.78, 5) is 0. The molecule has 0 fully saturated rings. The second kappa shape index (κ2) is 5.92. The average molecular weight is 300 g/mol. The van der Waals surface area contributed by atoms with Crippen LogP contribution in [0.25, 0.3) is 11.0 Å². The first-order chi connectivity index (χ1) is 10.1. The van der Waals surface area contributed by atoms with Crippen LogP contribution in [0.2, 0.25) is 5.02 Å². The molecule has 0 bridgehead atoms. The molecule has 1 heterocycles. The Kier molecular flexibility index (Phi) is 4.00. The highest BCUT2D eigenvalue weighted by Gasteiger charge is 2.15. The molecular weight excluding hydrogens is 282 g/mol. The number of hydrogen-bond donors (Lipinski definition) is 1. The molecule has 0 saturated heterocycles. The quantitative estimate of drug-likeness (QED) is 0.688. The fraction of sp³-hybridized carbons (Fsp3) is 0.222. The minimum atomic E-state index is 0.131. The lowest BCUT2D eigenvalue weighted by molar-refractivity contribution is 0.417. The second-order valence-corrected chi connectivity index (χ2v) is 5.79. The van der Waals surface area contributed by atoms with E-state index in [0.717, 1.165) is 21.8 Å². The zero-order chi connectivity index (χ0) is 14.8. The third-order valence-corrected chi connectivity index (χ3v) is 3.96. The molecule has 2 unspecified atom stereocenters. The summed E-state index contributed by atoms with van der Waals surface area (Å²) in [5.74, 6) is 0.949. The molecule has 108 valence electrons. The fourth-order valence-corrected chi connectivity index (χ4v) is 2.74. The number of rotatable bonds is 4. The normalized spacial score (nSPS) is 14.2. The fourth-order valence-electron chi connectivity index (χ4n) is 2.55. The van der Waals surface area contributed by atoms with Crippen LogP contribution in [-0.2, 0) is 0 Å². The third-order valence-electron chi connectivity index (χ3n) is 3.72. The van der Waals surface area contributed by atoms with Gasteiger partial charge >= 0.3 is 0 Å². The van der Waals surface area contributed by atoms with Crippen LogP contribution in [0, 0.1) is 0 Å². The molecule has 0 aliphatic heterocycles. The number of halogens is 1. The van der Waals surface area contributed by atoms with Gasteiger partial charge in [0.25, 0.3) is 0 Å². The van der Waals surface area contributed by atoms with Gasteiger partial charge in [0.15, 0.2) is 0 Å². The number of fused-ring (bicyclic) bond motifs is 1. The molecule has 2 atom stereocenters. The Morgan fingerprint density at radius 3 is 2.52 bits per heavy atom. The molecule has 21 heavy (non-hydrogen) atoms. The lowest BCUT2D eigenvalue weighted by Crippen LogP contribution is -2.22. The van der Waals surface area contributed by atoms with Crippen molar-refractivity contribution in [2.75, 3.05) is 0 Å². The molecule has 2 aromatic carbocycles. The van der Waals surface area contributed by atoms with Crippen molar-refractivity contribution in [3.63, 3.8) is 0 Å². The summed E-state index contributed by atoms with van der Waals surface area (Å²) in [6, 6.07) is 18.4. The van der Waals surface area contributed by atoms with Crippen LogP contribution in [0.5, 0.6) is 0 Å². The summed E-state index contributed by atoms with van der Waals surface area (Å²) in [5.41, 5.74) is 2.10. The van der Waals surface area contributed by atoms with Crippen LogP contribution < -0.4 is 5.32 Å². The molecule has 2 nitrogen and oxygen atoms in total. The Balaban J connectivity index is 1.77. The molecule has 0 aliphatic rings. The van der Waals surface area contributed by atoms with Gasteiger partial charge in [-0.05, 0) is 43.7 Å². The number of benzene rings is 2. The Labute approximate surface area is 129 Å². The molecule has 1 N–H and O–H groups in total. The summed E-state index contributed by atoms with van der Waals surface area (Å²) < 4.78 is 5.90. The smallest absolute Gasteiger partial charge is 0.134 e. The van der Waals surface area contributed by atoms with Crippen LogP contribution in [0.15, 0.2) is 59.0 Å². The monoisotopic (exact) mass is 299 g/mol. The van der Waals surface area contributed by atoms with Crippen LogP contribution in [-0.4, -0.2) is 0 Å². The predicted octanol–water partition coefficient (Wildman–Crippen LogP) is 5.50. The number of para-hydroxylation sites is 1. The van der Waals surface area contributed by atoms with E-state index < -0.39 is 0 Å². The molecule has 3 aromatic rings. The van der Waals surface area contributed by atoms with Crippen molar-refractivity contribution in [3.05, 3.63) is 70.9 Å². The first-order valence-corrected chi connectivity index (χ1v) is 7.51. The second-order valence-electron chi connectivity index (χ2n) is 5.35. The van der Waals surface area contributed by atoms with Gasteiger partial charge in [-0.15, -0.1) is 0 Å². The molecule has 1 aromatic heterocycles. The van der Waals surface area contributed by atoms with Gasteiger partial charge in [0.2, 0.25) is 0 Å². The van der Waals surface area contributed by atoms with Crippen molar-refractivity contribution < 1.29 is 4.42 Å². The molecule has 3 rings (SSSR count). The van der Waals surface area contributed by atoms with Crippen molar-refractivity contribution in [2.24, 2.45) is 0 Å². The summed E-state index contributed by atoms with van der Waals surface area (Å²) in [6.45, 7) is 4.24. The molecule has 0 saturated carbocycles. The van der Waals surface area contributed by atoms with Crippen molar-refractivity contribution in [1.29, 1.82) is 0 Å². The van der Waals surface area contributed by atoms with E-state index in [2.05, 4.69) is 37.4 Å². The van der Waals surface area contributed by atoms with Crippen molar-refractivity contribution in [3.8, 4) is 0 Å². The van der Waals surface area contributed by atoms with E-state index in [1.165, 1.54) is 5.56 Å². The van der Waals surface area contributed by atoms with Gasteiger partial charge in [0, 0.05) is 16.5 Å². The van der Waals surface area contributed by atoms with Gasteiger partial charge in [0.05, 0.1) is 6.04 Å². The Hall–Kier alpha value is -1.77. The van der Waals surface area contributed by atoms with Gasteiger partial charge in [-0.1, -0.05) is 41.9 Å². The lowest BCUT2D eigenvalue weighted by atomic mass is 10.1. The van der Waals surface area contributed by atoms with Crippen molar-refractivity contribution in [1.82, 2.24) is 5.32 Å². The van der Waals surface area contributed by atoms with E-state index in [1.807, 2.05) is 36.4 Å². The summed E-state index contributed by atoms with van der Waals surface area (Å²) in [5, 5.41) is 5.45. The lowest BCUT2D eigenvalue weighted by Gasteiger charge is -2.19. The molecule has 0 radical (unpaired) electrons. The van der Waals surface area contributed by atoms with E-state index in [0.29, 0.717) is 0 Å². The summed E-state index contributed by atoms with van der Waals surface area (Å²) in [7, 11) is 0. The highest BCUT2D eigenvalue weighted by Crippen LogP contribution is 2.26. The number of furan rings is 1. The third kappa shape index (κ3) is 3.12. The molecule has 3 heteroatoms. The van der Waals surface area contributed by atoms with Gasteiger partial charge in [-0.2, -0.15) is 0 Å². The van der Waals surface area contributed by atoms with Gasteiger partial charge in [-0.25, -0.2) is 0 Å². The molecule has 0 aliphatic carbocycles. The summed E-state index contributed by atoms with van der Waals surface area (Å²) >= 11 is 6.05. The van der Waals surface area contributed by atoms with Gasteiger partial charge < -0.3 is 9.73 Å². The van der Waals surface area contributed by atoms with E-state index >= 15 is 0 Å². The minimum absolute atomic E-state index is 0.131. The first kappa shape index (κ1) is 14.2. The highest BCUT2D eigenvalue weighted by molar-refractivity contribution is 6.30. The standard InChI is InChI=1S/C18H18ClNO/c1-12(14-7-5-8-16(19)10-14)20-13(2)18-11-15-6-3-4-9-17(15)21-18/h3-13,20H,1-2H3. The zero-order valence-electron chi connectivity index (χ0n) is 12.1. The Morgan fingerprint density at radius 1 is 0.952 bits per heavy atom. The average Bonchev–Trinajstić information content (AvgIpc) is 2.91.